The lowest BCUT2D eigenvalue weighted by molar-refractivity contribution is -0.138. The van der Waals surface area contributed by atoms with E-state index in [-0.39, 0.29) is 30.8 Å². The first-order chi connectivity index (χ1) is 12.5. The van der Waals surface area contributed by atoms with Crippen molar-refractivity contribution < 1.29 is 19.2 Å². The Balaban J connectivity index is 1.56. The average molecular weight is 358 g/mol. The fraction of sp³-hybridized carbons (Fsp3) is 0.444. The van der Waals surface area contributed by atoms with E-state index in [1.165, 1.54) is 0 Å². The zero-order valence-electron chi connectivity index (χ0n) is 14.6. The van der Waals surface area contributed by atoms with Gasteiger partial charge in [-0.15, -0.1) is 0 Å². The molecule has 138 valence electrons. The highest BCUT2D eigenvalue weighted by atomic mass is 16.5. The molecule has 0 aliphatic carbocycles. The summed E-state index contributed by atoms with van der Waals surface area (Å²) < 4.78 is 5.43. The predicted molar refractivity (Wildman–Crippen MR) is 92.3 cm³/mol. The summed E-state index contributed by atoms with van der Waals surface area (Å²) in [6, 6.07) is 9.81. The number of likely N-dealkylation sites (N-methyl/N-ethyl adjacent to an activating group) is 1. The van der Waals surface area contributed by atoms with Gasteiger partial charge in [-0.1, -0.05) is 35.5 Å². The van der Waals surface area contributed by atoms with Crippen LogP contribution in [0.4, 0.5) is 0 Å². The summed E-state index contributed by atoms with van der Waals surface area (Å²) in [4.78, 5) is 28.9. The highest BCUT2D eigenvalue weighted by Crippen LogP contribution is 2.29. The van der Waals surface area contributed by atoms with Crippen molar-refractivity contribution >= 4 is 11.9 Å². The van der Waals surface area contributed by atoms with Crippen LogP contribution in [0.5, 0.6) is 0 Å². The first-order valence-corrected chi connectivity index (χ1v) is 8.59. The van der Waals surface area contributed by atoms with E-state index in [1.807, 2.05) is 37.4 Å². The van der Waals surface area contributed by atoms with Crippen LogP contribution in [0.2, 0.25) is 0 Å². The molecule has 2 aromatic rings. The van der Waals surface area contributed by atoms with Crippen LogP contribution in [0.3, 0.4) is 0 Å². The fourth-order valence-electron chi connectivity index (χ4n) is 3.17. The Bertz CT molecular complexity index is 762. The number of nitrogens with one attached hydrogen (secondary N) is 1. The van der Waals surface area contributed by atoms with Crippen LogP contribution in [-0.4, -0.2) is 51.7 Å². The number of carbonyl (C=O) groups is 2. The van der Waals surface area contributed by atoms with Crippen molar-refractivity contribution in [2.45, 2.75) is 37.8 Å². The van der Waals surface area contributed by atoms with E-state index in [9.17, 15) is 9.59 Å². The van der Waals surface area contributed by atoms with E-state index < -0.39 is 5.97 Å². The number of amides is 1. The third-order valence-corrected chi connectivity index (χ3v) is 4.45. The van der Waals surface area contributed by atoms with Gasteiger partial charge in [0, 0.05) is 25.4 Å². The van der Waals surface area contributed by atoms with Crippen molar-refractivity contribution in [3.8, 4) is 0 Å². The summed E-state index contributed by atoms with van der Waals surface area (Å²) in [5.74, 6) is -0.0469. The van der Waals surface area contributed by atoms with Crippen LogP contribution in [0.15, 0.2) is 34.9 Å². The minimum Gasteiger partial charge on any atom is -0.481 e. The molecule has 1 aromatic carbocycles. The van der Waals surface area contributed by atoms with Crippen LogP contribution < -0.4 is 5.32 Å². The summed E-state index contributed by atoms with van der Waals surface area (Å²) in [6.07, 6.45) is 1.09. The van der Waals surface area contributed by atoms with E-state index in [1.54, 1.807) is 0 Å². The Morgan fingerprint density at radius 1 is 1.31 bits per heavy atom. The summed E-state index contributed by atoms with van der Waals surface area (Å²) in [5.41, 5.74) is 1.11. The van der Waals surface area contributed by atoms with Crippen molar-refractivity contribution in [2.24, 2.45) is 0 Å². The quantitative estimate of drug-likeness (QED) is 0.770. The average Bonchev–Trinajstić information content (AvgIpc) is 3.20. The SMILES string of the molecule is CN1C[C@@H](NC(=O)CCC(=O)O)C[C@H]1c1nc(Cc2ccccc2)no1. The van der Waals surface area contributed by atoms with Crippen molar-refractivity contribution in [1.29, 1.82) is 0 Å². The molecule has 8 heteroatoms. The molecule has 1 aliphatic heterocycles. The Morgan fingerprint density at radius 3 is 2.81 bits per heavy atom. The van der Waals surface area contributed by atoms with E-state index in [2.05, 4.69) is 20.4 Å². The summed E-state index contributed by atoms with van der Waals surface area (Å²) in [7, 11) is 1.94. The number of aromatic nitrogens is 2. The Hall–Kier alpha value is -2.74. The molecule has 1 aromatic heterocycles. The normalized spacial score (nSPS) is 20.2. The van der Waals surface area contributed by atoms with Gasteiger partial charge in [-0.25, -0.2) is 0 Å². The second-order valence-corrected chi connectivity index (χ2v) is 6.56. The summed E-state index contributed by atoms with van der Waals surface area (Å²) >= 11 is 0. The van der Waals surface area contributed by atoms with Gasteiger partial charge in [-0.2, -0.15) is 4.98 Å². The number of nitrogens with zero attached hydrogens (tertiary/aromatic N) is 3. The minimum atomic E-state index is -0.974. The molecule has 0 spiro atoms. The molecule has 2 N–H and O–H groups in total. The number of carboxylic acids is 1. The van der Waals surface area contributed by atoms with Crippen LogP contribution >= 0.6 is 0 Å². The van der Waals surface area contributed by atoms with Gasteiger partial charge in [-0.05, 0) is 19.0 Å². The Kier molecular flexibility index (Phi) is 5.62. The molecule has 1 aliphatic rings. The number of rotatable bonds is 7. The zero-order chi connectivity index (χ0) is 18.5. The van der Waals surface area contributed by atoms with Gasteiger partial charge in [-0.3, -0.25) is 14.5 Å². The largest absolute Gasteiger partial charge is 0.481 e. The third kappa shape index (κ3) is 4.66. The fourth-order valence-corrected chi connectivity index (χ4v) is 3.17. The smallest absolute Gasteiger partial charge is 0.303 e. The predicted octanol–water partition coefficient (Wildman–Crippen LogP) is 1.39. The summed E-state index contributed by atoms with van der Waals surface area (Å²) in [6.45, 7) is 0.653. The number of aliphatic carboxylic acids is 1. The van der Waals surface area contributed by atoms with Crippen LogP contribution in [-0.2, 0) is 16.0 Å². The van der Waals surface area contributed by atoms with Crippen molar-refractivity contribution in [1.82, 2.24) is 20.4 Å². The highest BCUT2D eigenvalue weighted by Gasteiger charge is 2.35. The van der Waals surface area contributed by atoms with Crippen molar-refractivity contribution in [2.75, 3.05) is 13.6 Å². The topological polar surface area (TPSA) is 109 Å². The number of carbonyl (C=O) groups excluding carboxylic acids is 1. The maximum Gasteiger partial charge on any atom is 0.303 e. The molecule has 1 fully saturated rings. The molecule has 0 unspecified atom stereocenters. The van der Waals surface area contributed by atoms with Gasteiger partial charge < -0.3 is 14.9 Å². The molecule has 26 heavy (non-hydrogen) atoms. The summed E-state index contributed by atoms with van der Waals surface area (Å²) in [5, 5.41) is 15.6. The lowest BCUT2D eigenvalue weighted by atomic mass is 10.1. The standard InChI is InChI=1S/C18H22N4O4/c1-22-11-13(19-16(23)7-8-17(24)25)10-14(22)18-20-15(21-26-18)9-12-5-3-2-4-6-12/h2-6,13-14H,7-11H2,1H3,(H,19,23)(H,24,25)/t13-,14-/m0/s1. The number of hydrogen-bond acceptors (Lipinski definition) is 6. The van der Waals surface area contributed by atoms with Gasteiger partial charge in [0.15, 0.2) is 5.82 Å². The molecule has 8 nitrogen and oxygen atoms in total. The van der Waals surface area contributed by atoms with E-state index in [4.69, 9.17) is 9.63 Å². The number of benzene rings is 1. The maximum atomic E-state index is 11.8. The van der Waals surface area contributed by atoms with Crippen LogP contribution in [0, 0.1) is 0 Å². The molecule has 2 heterocycles. The third-order valence-electron chi connectivity index (χ3n) is 4.45. The monoisotopic (exact) mass is 358 g/mol. The molecule has 0 saturated carbocycles. The van der Waals surface area contributed by atoms with Gasteiger partial charge in [0.05, 0.1) is 12.5 Å². The second-order valence-electron chi connectivity index (χ2n) is 6.56. The molecule has 0 radical (unpaired) electrons. The molecule has 1 saturated heterocycles. The number of hydrogen-bond donors (Lipinski definition) is 2. The maximum absolute atomic E-state index is 11.8. The Morgan fingerprint density at radius 2 is 2.08 bits per heavy atom. The lowest BCUT2D eigenvalue weighted by Gasteiger charge is -2.14. The van der Waals surface area contributed by atoms with Crippen LogP contribution in [0.25, 0.3) is 0 Å². The highest BCUT2D eigenvalue weighted by molar-refractivity contribution is 5.80. The molecule has 0 bridgehead atoms. The lowest BCUT2D eigenvalue weighted by Crippen LogP contribution is -2.36. The van der Waals surface area contributed by atoms with Gasteiger partial charge in [0.1, 0.15) is 0 Å². The first kappa shape index (κ1) is 18.1. The van der Waals surface area contributed by atoms with Gasteiger partial charge >= 0.3 is 5.97 Å². The molecular formula is C18H22N4O4. The zero-order valence-corrected chi connectivity index (χ0v) is 14.6. The van der Waals surface area contributed by atoms with Crippen molar-refractivity contribution in [3.63, 3.8) is 0 Å². The molecule has 2 atom stereocenters. The molecule has 3 rings (SSSR count). The minimum absolute atomic E-state index is 0.0119. The van der Waals surface area contributed by atoms with Gasteiger partial charge in [0.2, 0.25) is 11.8 Å². The van der Waals surface area contributed by atoms with E-state index in [0.717, 1.165) is 5.56 Å². The van der Waals surface area contributed by atoms with Gasteiger partial charge in [0.25, 0.3) is 0 Å². The Labute approximate surface area is 151 Å². The molecular weight excluding hydrogens is 336 g/mol. The molecule has 1 amide bonds. The number of carboxylic acid groups (broad SMARTS) is 1. The van der Waals surface area contributed by atoms with Crippen molar-refractivity contribution in [3.05, 3.63) is 47.6 Å². The van der Waals surface area contributed by atoms with E-state index >= 15 is 0 Å². The second kappa shape index (κ2) is 8.09. The van der Waals surface area contributed by atoms with E-state index in [0.29, 0.717) is 31.1 Å². The van der Waals surface area contributed by atoms with Crippen LogP contribution in [0.1, 0.15) is 42.6 Å². The first-order valence-electron chi connectivity index (χ1n) is 8.59. The number of likely N-dealkylation sites (tertiary alicyclic amines) is 1.